The van der Waals surface area contributed by atoms with Crippen LogP contribution >= 0.6 is 0 Å². The third kappa shape index (κ3) is 3.47. The largest absolute Gasteiger partial charge is 0.388 e. The van der Waals surface area contributed by atoms with Gasteiger partial charge in [-0.15, -0.1) is 0 Å². The third-order valence-electron chi connectivity index (χ3n) is 3.85. The van der Waals surface area contributed by atoms with E-state index >= 15 is 0 Å². The molecule has 100 valence electrons. The Hall–Kier alpha value is -1.06. The summed E-state index contributed by atoms with van der Waals surface area (Å²) in [6.45, 7) is 7.05. The Balaban J connectivity index is 1.83. The number of rotatable bonds is 4. The molecule has 0 radical (unpaired) electrons. The van der Waals surface area contributed by atoms with Crippen molar-refractivity contribution in [2.24, 2.45) is 0 Å². The fourth-order valence-electron chi connectivity index (χ4n) is 2.46. The van der Waals surface area contributed by atoms with E-state index in [1.54, 1.807) is 0 Å². The van der Waals surface area contributed by atoms with E-state index in [9.17, 15) is 5.11 Å². The van der Waals surface area contributed by atoms with Gasteiger partial charge in [-0.1, -0.05) is 18.2 Å². The molecule has 0 saturated carbocycles. The van der Waals surface area contributed by atoms with Crippen molar-refractivity contribution >= 4 is 5.69 Å². The molecule has 1 fully saturated rings. The number of piperidine rings is 1. The fourth-order valence-corrected chi connectivity index (χ4v) is 2.46. The lowest BCUT2D eigenvalue weighted by molar-refractivity contribution is -0.0171. The lowest BCUT2D eigenvalue weighted by Gasteiger charge is -2.40. The number of hydrogen-bond donors (Lipinski definition) is 2. The third-order valence-corrected chi connectivity index (χ3v) is 3.85. The molecule has 2 rings (SSSR count). The summed E-state index contributed by atoms with van der Waals surface area (Å²) in [7, 11) is 0. The van der Waals surface area contributed by atoms with Gasteiger partial charge in [0.15, 0.2) is 0 Å². The fraction of sp³-hybridized carbons (Fsp3) is 0.600. The number of anilines is 1. The summed E-state index contributed by atoms with van der Waals surface area (Å²) in [6, 6.07) is 10.7. The van der Waals surface area contributed by atoms with Crippen molar-refractivity contribution in [1.29, 1.82) is 0 Å². The van der Waals surface area contributed by atoms with Crippen LogP contribution in [0.4, 0.5) is 5.69 Å². The molecule has 1 aromatic carbocycles. The molecule has 0 amide bonds. The number of nitrogens with one attached hydrogen (secondary N) is 1. The van der Waals surface area contributed by atoms with Gasteiger partial charge in [0.1, 0.15) is 0 Å². The summed E-state index contributed by atoms with van der Waals surface area (Å²) in [4.78, 5) is 2.43. The van der Waals surface area contributed by atoms with E-state index < -0.39 is 5.60 Å². The predicted octanol–water partition coefficient (Wildman–Crippen LogP) is 2.33. The zero-order valence-corrected chi connectivity index (χ0v) is 11.4. The Morgan fingerprint density at radius 3 is 2.39 bits per heavy atom. The van der Waals surface area contributed by atoms with Gasteiger partial charge in [-0.05, 0) is 38.8 Å². The number of hydrogen-bond acceptors (Lipinski definition) is 3. The van der Waals surface area contributed by atoms with Crippen LogP contribution in [0.5, 0.6) is 0 Å². The minimum Gasteiger partial charge on any atom is -0.388 e. The molecule has 0 atom stereocenters. The number of para-hydroxylation sites is 1. The van der Waals surface area contributed by atoms with Crippen LogP contribution in [-0.2, 0) is 0 Å². The molecular weight excluding hydrogens is 224 g/mol. The highest BCUT2D eigenvalue weighted by atomic mass is 16.3. The molecule has 0 aliphatic carbocycles. The average Bonchev–Trinajstić information content (AvgIpc) is 2.38. The molecule has 0 bridgehead atoms. The van der Waals surface area contributed by atoms with Crippen LogP contribution in [0.2, 0.25) is 0 Å². The van der Waals surface area contributed by atoms with Gasteiger partial charge >= 0.3 is 0 Å². The molecular formula is C15H24N2O. The van der Waals surface area contributed by atoms with Gasteiger partial charge in [-0.3, -0.25) is 0 Å². The van der Waals surface area contributed by atoms with E-state index in [-0.39, 0.29) is 0 Å². The van der Waals surface area contributed by atoms with Crippen molar-refractivity contribution in [2.75, 3.05) is 25.0 Å². The molecule has 2 N–H and O–H groups in total. The second kappa shape index (κ2) is 5.72. The van der Waals surface area contributed by atoms with Gasteiger partial charge in [0.2, 0.25) is 0 Å². The molecule has 18 heavy (non-hydrogen) atoms. The van der Waals surface area contributed by atoms with Crippen LogP contribution in [0, 0.1) is 0 Å². The lowest BCUT2D eigenvalue weighted by atomic mass is 9.90. The summed E-state index contributed by atoms with van der Waals surface area (Å²) >= 11 is 0. The second-order valence-electron chi connectivity index (χ2n) is 5.57. The van der Waals surface area contributed by atoms with E-state index in [1.807, 2.05) is 30.3 Å². The van der Waals surface area contributed by atoms with Gasteiger partial charge < -0.3 is 15.3 Å². The van der Waals surface area contributed by atoms with Gasteiger partial charge in [0, 0.05) is 31.4 Å². The van der Waals surface area contributed by atoms with Crippen molar-refractivity contribution in [1.82, 2.24) is 4.90 Å². The standard InChI is InChI=1S/C15H24N2O/c1-13(2)17-10-8-15(18,9-11-17)12-16-14-6-4-3-5-7-14/h3-7,13,16,18H,8-12H2,1-2H3. The van der Waals surface area contributed by atoms with Gasteiger partial charge in [-0.2, -0.15) is 0 Å². The molecule has 3 nitrogen and oxygen atoms in total. The van der Waals surface area contributed by atoms with E-state index in [0.29, 0.717) is 12.6 Å². The molecule has 1 aliphatic heterocycles. The van der Waals surface area contributed by atoms with Crippen LogP contribution < -0.4 is 5.32 Å². The summed E-state index contributed by atoms with van der Waals surface area (Å²) in [5.41, 5.74) is 0.526. The monoisotopic (exact) mass is 248 g/mol. The number of nitrogens with zero attached hydrogens (tertiary/aromatic N) is 1. The van der Waals surface area contributed by atoms with E-state index in [0.717, 1.165) is 31.6 Å². The van der Waals surface area contributed by atoms with E-state index in [1.165, 1.54) is 0 Å². The molecule has 0 spiro atoms. The number of likely N-dealkylation sites (tertiary alicyclic amines) is 1. The van der Waals surface area contributed by atoms with E-state index in [4.69, 9.17) is 0 Å². The quantitative estimate of drug-likeness (QED) is 0.858. The van der Waals surface area contributed by atoms with Crippen molar-refractivity contribution in [2.45, 2.75) is 38.3 Å². The Kier molecular flexibility index (Phi) is 4.25. The summed E-state index contributed by atoms with van der Waals surface area (Å²) in [5.74, 6) is 0. The molecule has 1 aromatic rings. The normalized spacial score (nSPS) is 20.0. The first-order valence-electron chi connectivity index (χ1n) is 6.84. The predicted molar refractivity (Wildman–Crippen MR) is 75.8 cm³/mol. The van der Waals surface area contributed by atoms with Gasteiger partial charge in [0.05, 0.1) is 5.60 Å². The van der Waals surface area contributed by atoms with Crippen LogP contribution in [0.15, 0.2) is 30.3 Å². The molecule has 0 aromatic heterocycles. The van der Waals surface area contributed by atoms with Crippen molar-refractivity contribution in [3.8, 4) is 0 Å². The molecule has 1 heterocycles. The van der Waals surface area contributed by atoms with Crippen LogP contribution in [0.25, 0.3) is 0 Å². The maximum atomic E-state index is 10.5. The highest BCUT2D eigenvalue weighted by Gasteiger charge is 2.32. The van der Waals surface area contributed by atoms with E-state index in [2.05, 4.69) is 24.1 Å². The zero-order valence-electron chi connectivity index (χ0n) is 11.4. The second-order valence-corrected chi connectivity index (χ2v) is 5.57. The summed E-state index contributed by atoms with van der Waals surface area (Å²) < 4.78 is 0. The van der Waals surface area contributed by atoms with Crippen LogP contribution in [-0.4, -0.2) is 41.3 Å². The first kappa shape index (κ1) is 13.4. The minimum absolute atomic E-state index is 0.554. The first-order chi connectivity index (χ1) is 8.59. The molecule has 0 unspecified atom stereocenters. The average molecular weight is 248 g/mol. The minimum atomic E-state index is -0.554. The van der Waals surface area contributed by atoms with Crippen LogP contribution in [0.3, 0.4) is 0 Å². The maximum absolute atomic E-state index is 10.5. The Morgan fingerprint density at radius 2 is 1.83 bits per heavy atom. The van der Waals surface area contributed by atoms with Crippen molar-refractivity contribution in [3.63, 3.8) is 0 Å². The zero-order chi connectivity index (χ0) is 13.0. The SMILES string of the molecule is CC(C)N1CCC(O)(CNc2ccccc2)CC1. The Bertz CT molecular complexity index is 356. The first-order valence-corrected chi connectivity index (χ1v) is 6.84. The highest BCUT2D eigenvalue weighted by molar-refractivity contribution is 5.42. The highest BCUT2D eigenvalue weighted by Crippen LogP contribution is 2.24. The summed E-state index contributed by atoms with van der Waals surface area (Å²) in [6.07, 6.45) is 1.70. The van der Waals surface area contributed by atoms with Crippen molar-refractivity contribution in [3.05, 3.63) is 30.3 Å². The lowest BCUT2D eigenvalue weighted by Crippen LogP contribution is -2.50. The Labute approximate surface area is 110 Å². The van der Waals surface area contributed by atoms with Gasteiger partial charge in [-0.25, -0.2) is 0 Å². The molecule has 1 aliphatic rings. The molecule has 3 heteroatoms. The smallest absolute Gasteiger partial charge is 0.0843 e. The number of aliphatic hydroxyl groups is 1. The topological polar surface area (TPSA) is 35.5 Å². The Morgan fingerprint density at radius 1 is 1.22 bits per heavy atom. The van der Waals surface area contributed by atoms with Crippen LogP contribution in [0.1, 0.15) is 26.7 Å². The maximum Gasteiger partial charge on any atom is 0.0843 e. The molecule has 1 saturated heterocycles. The summed E-state index contributed by atoms with van der Waals surface area (Å²) in [5, 5.41) is 13.9. The van der Waals surface area contributed by atoms with Crippen molar-refractivity contribution < 1.29 is 5.11 Å². The number of benzene rings is 1. The van der Waals surface area contributed by atoms with Gasteiger partial charge in [0.25, 0.3) is 0 Å².